The lowest BCUT2D eigenvalue weighted by Crippen LogP contribution is -2.47. The van der Waals surface area contributed by atoms with Gasteiger partial charge in [-0.1, -0.05) is 13.8 Å². The average Bonchev–Trinajstić information content (AvgIpc) is 2.78. The number of carbonyl (C=O) groups excluding carboxylic acids is 2. The van der Waals surface area contributed by atoms with Crippen molar-refractivity contribution in [2.75, 3.05) is 50.6 Å². The molecule has 2 aromatic rings. The minimum atomic E-state index is -0.674. The molecule has 1 fully saturated rings. The molecule has 166 valence electrons. The number of hydrogen-bond donors (Lipinski definition) is 2. The second-order valence-electron chi connectivity index (χ2n) is 8.11. The zero-order chi connectivity index (χ0) is 22.4. The van der Waals surface area contributed by atoms with E-state index in [1.807, 2.05) is 26.0 Å². The quantitative estimate of drug-likeness (QED) is 0.708. The first-order chi connectivity index (χ1) is 14.9. The van der Waals surface area contributed by atoms with E-state index in [4.69, 9.17) is 4.74 Å². The Morgan fingerprint density at radius 3 is 2.26 bits per heavy atom. The summed E-state index contributed by atoms with van der Waals surface area (Å²) in [6, 6.07) is 9.86. The lowest BCUT2D eigenvalue weighted by Gasteiger charge is -2.33. The highest BCUT2D eigenvalue weighted by atomic mass is 16.5. The number of pyridine rings is 1. The lowest BCUT2D eigenvalue weighted by atomic mass is 10.0. The first-order valence-electron chi connectivity index (χ1n) is 10.5. The molecule has 0 radical (unpaired) electrons. The molecule has 1 atom stereocenters. The molecule has 0 aliphatic carbocycles. The molecule has 0 bridgehead atoms. The highest BCUT2D eigenvalue weighted by Crippen LogP contribution is 2.17. The fourth-order valence-corrected chi connectivity index (χ4v) is 3.40. The maximum Gasteiger partial charge on any atom is 0.251 e. The maximum absolute atomic E-state index is 12.9. The average molecular weight is 426 g/mol. The van der Waals surface area contributed by atoms with Gasteiger partial charge in [-0.2, -0.15) is 0 Å². The molecule has 8 nitrogen and oxygen atoms in total. The third kappa shape index (κ3) is 5.95. The Kier molecular flexibility index (Phi) is 7.46. The number of carbonyl (C=O) groups is 2. The smallest absolute Gasteiger partial charge is 0.251 e. The van der Waals surface area contributed by atoms with Gasteiger partial charge < -0.3 is 25.2 Å². The number of anilines is 2. The van der Waals surface area contributed by atoms with Crippen LogP contribution in [0.3, 0.4) is 0 Å². The van der Waals surface area contributed by atoms with Crippen molar-refractivity contribution in [3.63, 3.8) is 0 Å². The van der Waals surface area contributed by atoms with Crippen molar-refractivity contribution in [2.45, 2.75) is 19.9 Å². The molecule has 31 heavy (non-hydrogen) atoms. The standard InChI is InChI=1S/C23H31N5O3/c1-16(2)21(26-22(29)17-5-8-19(31-4)9-6-17)23(30)25-18-7-10-20(24-15-18)28-13-11-27(3)12-14-28/h5-10,15-16,21H,11-14H2,1-4H3,(H,25,30)(H,26,29). The highest BCUT2D eigenvalue weighted by Gasteiger charge is 2.25. The highest BCUT2D eigenvalue weighted by molar-refractivity contribution is 6.01. The molecule has 8 heteroatoms. The molecule has 1 aromatic carbocycles. The van der Waals surface area contributed by atoms with Gasteiger partial charge in [0.05, 0.1) is 19.0 Å². The van der Waals surface area contributed by atoms with E-state index in [-0.39, 0.29) is 17.7 Å². The van der Waals surface area contributed by atoms with Gasteiger partial charge in [-0.25, -0.2) is 4.98 Å². The molecule has 3 rings (SSSR count). The van der Waals surface area contributed by atoms with E-state index in [1.165, 1.54) is 0 Å². The van der Waals surface area contributed by atoms with Gasteiger partial charge in [0.25, 0.3) is 5.91 Å². The van der Waals surface area contributed by atoms with Crippen molar-refractivity contribution in [1.82, 2.24) is 15.2 Å². The van der Waals surface area contributed by atoms with Crippen LogP contribution in [0.15, 0.2) is 42.6 Å². The predicted octanol–water partition coefficient (Wildman–Crippen LogP) is 2.24. The molecule has 1 aliphatic rings. The van der Waals surface area contributed by atoms with Crippen LogP contribution in [0.25, 0.3) is 0 Å². The molecule has 2 heterocycles. The van der Waals surface area contributed by atoms with E-state index in [0.717, 1.165) is 32.0 Å². The molecule has 1 aromatic heterocycles. The van der Waals surface area contributed by atoms with Crippen LogP contribution in [-0.4, -0.2) is 68.1 Å². The summed E-state index contributed by atoms with van der Waals surface area (Å²) < 4.78 is 5.12. The van der Waals surface area contributed by atoms with Gasteiger partial charge >= 0.3 is 0 Å². The van der Waals surface area contributed by atoms with Crippen LogP contribution >= 0.6 is 0 Å². The van der Waals surface area contributed by atoms with Crippen LogP contribution in [0.5, 0.6) is 5.75 Å². The van der Waals surface area contributed by atoms with Crippen LogP contribution in [0.1, 0.15) is 24.2 Å². The Morgan fingerprint density at radius 1 is 1.03 bits per heavy atom. The molecule has 1 aliphatic heterocycles. The monoisotopic (exact) mass is 425 g/mol. The molecule has 2 amide bonds. The summed E-state index contributed by atoms with van der Waals surface area (Å²) in [7, 11) is 3.68. The topological polar surface area (TPSA) is 86.8 Å². The van der Waals surface area contributed by atoms with Crippen molar-refractivity contribution in [3.8, 4) is 5.75 Å². The van der Waals surface area contributed by atoms with Crippen LogP contribution in [0.4, 0.5) is 11.5 Å². The van der Waals surface area contributed by atoms with Gasteiger partial charge in [0, 0.05) is 31.7 Å². The third-order valence-corrected chi connectivity index (χ3v) is 5.43. The molecular weight excluding hydrogens is 394 g/mol. The van der Waals surface area contributed by atoms with Crippen molar-refractivity contribution >= 4 is 23.3 Å². The summed E-state index contributed by atoms with van der Waals surface area (Å²) in [6.07, 6.45) is 1.66. The van der Waals surface area contributed by atoms with Crippen molar-refractivity contribution in [3.05, 3.63) is 48.2 Å². The Hall–Kier alpha value is -3.13. The number of amides is 2. The van der Waals surface area contributed by atoms with Gasteiger partial charge in [0.15, 0.2) is 0 Å². The largest absolute Gasteiger partial charge is 0.497 e. The summed E-state index contributed by atoms with van der Waals surface area (Å²) in [4.78, 5) is 34.5. The normalized spacial score (nSPS) is 15.5. The predicted molar refractivity (Wildman–Crippen MR) is 122 cm³/mol. The van der Waals surface area contributed by atoms with Crippen molar-refractivity contribution < 1.29 is 14.3 Å². The number of methoxy groups -OCH3 is 1. The van der Waals surface area contributed by atoms with Crippen molar-refractivity contribution in [2.24, 2.45) is 5.92 Å². The van der Waals surface area contributed by atoms with Crippen molar-refractivity contribution in [1.29, 1.82) is 0 Å². The zero-order valence-electron chi connectivity index (χ0n) is 18.6. The molecular formula is C23H31N5O3. The minimum Gasteiger partial charge on any atom is -0.497 e. The fourth-order valence-electron chi connectivity index (χ4n) is 3.40. The summed E-state index contributed by atoms with van der Waals surface area (Å²) in [6.45, 7) is 7.67. The molecule has 2 N–H and O–H groups in total. The number of benzene rings is 1. The summed E-state index contributed by atoms with van der Waals surface area (Å²) >= 11 is 0. The van der Waals surface area contributed by atoms with Crippen LogP contribution < -0.4 is 20.3 Å². The number of nitrogens with zero attached hydrogens (tertiary/aromatic N) is 3. The zero-order valence-corrected chi connectivity index (χ0v) is 18.6. The first-order valence-corrected chi connectivity index (χ1v) is 10.5. The fraction of sp³-hybridized carbons (Fsp3) is 0.435. The Morgan fingerprint density at radius 2 is 1.71 bits per heavy atom. The van der Waals surface area contributed by atoms with Gasteiger partial charge in [0.2, 0.25) is 5.91 Å². The maximum atomic E-state index is 12.9. The minimum absolute atomic E-state index is 0.0835. The second kappa shape index (κ2) is 10.3. The third-order valence-electron chi connectivity index (χ3n) is 5.43. The number of nitrogens with one attached hydrogen (secondary N) is 2. The number of rotatable bonds is 7. The van der Waals surface area contributed by atoms with E-state index in [9.17, 15) is 9.59 Å². The van der Waals surface area contributed by atoms with Crippen LogP contribution in [0.2, 0.25) is 0 Å². The number of aromatic nitrogens is 1. The number of piperazine rings is 1. The Balaban J connectivity index is 1.61. The summed E-state index contributed by atoms with van der Waals surface area (Å²) in [5, 5.41) is 5.71. The second-order valence-corrected chi connectivity index (χ2v) is 8.11. The number of hydrogen-bond acceptors (Lipinski definition) is 6. The van der Waals surface area contributed by atoms with Crippen LogP contribution in [-0.2, 0) is 4.79 Å². The Labute approximate surface area is 183 Å². The van der Waals surface area contributed by atoms with E-state index < -0.39 is 6.04 Å². The molecule has 1 unspecified atom stereocenters. The van der Waals surface area contributed by atoms with Gasteiger partial charge in [0.1, 0.15) is 17.6 Å². The van der Waals surface area contributed by atoms with E-state index >= 15 is 0 Å². The Bertz CT molecular complexity index is 875. The summed E-state index contributed by atoms with van der Waals surface area (Å²) in [5.74, 6) is 0.910. The lowest BCUT2D eigenvalue weighted by molar-refractivity contribution is -0.118. The SMILES string of the molecule is COc1ccc(C(=O)NC(C(=O)Nc2ccc(N3CCN(C)CC3)nc2)C(C)C)cc1. The van der Waals surface area contributed by atoms with Gasteiger partial charge in [-0.05, 0) is 49.4 Å². The molecule has 1 saturated heterocycles. The van der Waals surface area contributed by atoms with E-state index in [0.29, 0.717) is 17.0 Å². The molecule has 0 spiro atoms. The molecule has 0 saturated carbocycles. The van der Waals surface area contributed by atoms with Crippen LogP contribution in [0, 0.1) is 5.92 Å². The van der Waals surface area contributed by atoms with E-state index in [2.05, 4.69) is 32.5 Å². The number of likely N-dealkylation sites (N-methyl/N-ethyl adjacent to an activating group) is 1. The number of ether oxygens (including phenoxy) is 1. The first kappa shape index (κ1) is 22.6. The summed E-state index contributed by atoms with van der Waals surface area (Å²) in [5.41, 5.74) is 1.07. The van der Waals surface area contributed by atoms with E-state index in [1.54, 1.807) is 37.6 Å². The van der Waals surface area contributed by atoms with Gasteiger partial charge in [-0.15, -0.1) is 0 Å². The van der Waals surface area contributed by atoms with Gasteiger partial charge in [-0.3, -0.25) is 9.59 Å².